The van der Waals surface area contributed by atoms with Gasteiger partial charge in [0.15, 0.2) is 0 Å². The van der Waals surface area contributed by atoms with Crippen LogP contribution in [0.2, 0.25) is 0 Å². The predicted octanol–water partition coefficient (Wildman–Crippen LogP) is 3.68. The quantitative estimate of drug-likeness (QED) is 0.893. The first-order valence-electron chi connectivity index (χ1n) is 9.81. The van der Waals surface area contributed by atoms with Gasteiger partial charge in [-0.05, 0) is 75.9 Å². The molecule has 1 aromatic heterocycles. The van der Waals surface area contributed by atoms with Crippen molar-refractivity contribution in [1.29, 1.82) is 0 Å². The highest BCUT2D eigenvalue weighted by molar-refractivity contribution is 5.70. The van der Waals surface area contributed by atoms with Crippen molar-refractivity contribution >= 4 is 0 Å². The maximum absolute atomic E-state index is 11.2. The molecule has 27 heavy (non-hydrogen) atoms. The van der Waals surface area contributed by atoms with Gasteiger partial charge in [0.1, 0.15) is 11.9 Å². The number of hydrogen-bond acceptors (Lipinski definition) is 5. The van der Waals surface area contributed by atoms with Crippen LogP contribution < -0.4 is 4.74 Å². The van der Waals surface area contributed by atoms with E-state index in [1.165, 1.54) is 12.8 Å². The van der Waals surface area contributed by atoms with Crippen molar-refractivity contribution in [3.8, 4) is 17.0 Å². The minimum absolute atomic E-state index is 0.0896. The third-order valence-corrected chi connectivity index (χ3v) is 6.61. The first kappa shape index (κ1) is 18.4. The van der Waals surface area contributed by atoms with Gasteiger partial charge in [-0.15, -0.1) is 5.10 Å². The van der Waals surface area contributed by atoms with Crippen LogP contribution in [0.15, 0.2) is 24.3 Å². The van der Waals surface area contributed by atoms with E-state index in [0.717, 1.165) is 47.5 Å². The van der Waals surface area contributed by atoms with Crippen LogP contribution in [0.3, 0.4) is 0 Å². The number of rotatable bonds is 4. The maximum atomic E-state index is 11.2. The number of aromatic nitrogens is 2. The molecule has 1 N–H and O–H groups in total. The molecule has 1 unspecified atom stereocenters. The average molecular weight is 367 g/mol. The number of hydrogen-bond donors (Lipinski definition) is 1. The second kappa shape index (κ2) is 6.88. The number of fused-ring (bicyclic) bond motifs is 3. The number of aliphatic hydroxyl groups excluding tert-OH is 1. The Labute approximate surface area is 161 Å². The van der Waals surface area contributed by atoms with Crippen molar-refractivity contribution < 1.29 is 9.84 Å². The lowest BCUT2D eigenvalue weighted by Crippen LogP contribution is -2.54. The van der Waals surface area contributed by atoms with Crippen molar-refractivity contribution in [3.63, 3.8) is 0 Å². The van der Waals surface area contributed by atoms with Crippen LogP contribution in [-0.4, -0.2) is 46.9 Å². The van der Waals surface area contributed by atoms with Crippen LogP contribution in [0, 0.1) is 19.3 Å². The minimum atomic E-state index is -0.568. The highest BCUT2D eigenvalue weighted by atomic mass is 16.5. The third-order valence-electron chi connectivity index (χ3n) is 6.61. The van der Waals surface area contributed by atoms with Crippen LogP contribution in [0.1, 0.15) is 48.6 Å². The Kier molecular flexibility index (Phi) is 4.68. The number of aliphatic hydroxyl groups is 1. The van der Waals surface area contributed by atoms with Gasteiger partial charge < -0.3 is 14.7 Å². The summed E-state index contributed by atoms with van der Waals surface area (Å²) in [5, 5.41) is 20.2. The molecule has 144 valence electrons. The highest BCUT2D eigenvalue weighted by Crippen LogP contribution is 2.51. The van der Waals surface area contributed by atoms with Gasteiger partial charge in [-0.1, -0.05) is 6.07 Å². The van der Waals surface area contributed by atoms with Crippen LogP contribution in [0.5, 0.6) is 5.75 Å². The van der Waals surface area contributed by atoms with Crippen molar-refractivity contribution in [1.82, 2.24) is 15.1 Å². The minimum Gasteiger partial charge on any atom is -0.496 e. The van der Waals surface area contributed by atoms with Gasteiger partial charge >= 0.3 is 0 Å². The van der Waals surface area contributed by atoms with E-state index in [0.29, 0.717) is 11.7 Å². The molecular formula is C22H29N3O2. The Morgan fingerprint density at radius 3 is 2.56 bits per heavy atom. The van der Waals surface area contributed by atoms with Crippen LogP contribution in [-0.2, 0) is 0 Å². The molecule has 3 heterocycles. The summed E-state index contributed by atoms with van der Waals surface area (Å²) in [7, 11) is 3.85. The van der Waals surface area contributed by atoms with Gasteiger partial charge in [0, 0.05) is 23.6 Å². The second-order valence-electron chi connectivity index (χ2n) is 8.42. The number of piperidine rings is 2. The SMILES string of the molecule is COc1cc(C)ccc1-c1nnc(C(O)C23CCC(CC2)N(C)C3)cc1C. The van der Waals surface area contributed by atoms with E-state index < -0.39 is 6.10 Å². The Hall–Kier alpha value is -1.98. The van der Waals surface area contributed by atoms with Gasteiger partial charge in [-0.25, -0.2) is 0 Å². The first-order chi connectivity index (χ1) is 12.9. The van der Waals surface area contributed by atoms with Crippen LogP contribution >= 0.6 is 0 Å². The molecule has 1 aromatic carbocycles. The second-order valence-corrected chi connectivity index (χ2v) is 8.42. The summed E-state index contributed by atoms with van der Waals surface area (Å²) in [6, 6.07) is 8.77. The Morgan fingerprint density at radius 1 is 1.19 bits per heavy atom. The third kappa shape index (κ3) is 3.13. The zero-order valence-corrected chi connectivity index (χ0v) is 16.7. The monoisotopic (exact) mass is 367 g/mol. The molecule has 2 bridgehead atoms. The van der Waals surface area contributed by atoms with Gasteiger partial charge in [0.2, 0.25) is 0 Å². The van der Waals surface area contributed by atoms with Gasteiger partial charge in [0.25, 0.3) is 0 Å². The molecule has 0 radical (unpaired) electrons. The fourth-order valence-electron chi connectivity index (χ4n) is 4.98. The lowest BCUT2D eigenvalue weighted by Gasteiger charge is -2.53. The molecule has 3 aliphatic rings. The predicted molar refractivity (Wildman–Crippen MR) is 106 cm³/mol. The molecular weight excluding hydrogens is 338 g/mol. The van der Waals surface area contributed by atoms with Gasteiger partial charge in [-0.3, -0.25) is 0 Å². The summed E-state index contributed by atoms with van der Waals surface area (Å²) >= 11 is 0. The standard InChI is InChI=1S/C22H29N3O2/c1-14-5-6-17(19(11-14)27-4)20-15(2)12-18(23-24-20)21(26)22-9-7-16(8-10-22)25(3)13-22/h5-6,11-12,16,21,26H,7-10,13H2,1-4H3. The summed E-state index contributed by atoms with van der Waals surface area (Å²) in [5.74, 6) is 0.798. The van der Waals surface area contributed by atoms with E-state index >= 15 is 0 Å². The van der Waals surface area contributed by atoms with Crippen molar-refractivity contribution in [2.24, 2.45) is 5.41 Å². The maximum Gasteiger partial charge on any atom is 0.128 e. The summed E-state index contributed by atoms with van der Waals surface area (Å²) in [5.41, 5.74) is 4.50. The number of ether oxygens (including phenoxy) is 1. The lowest BCUT2D eigenvalue weighted by molar-refractivity contribution is -0.0896. The van der Waals surface area contributed by atoms with E-state index in [9.17, 15) is 5.11 Å². The molecule has 3 fully saturated rings. The molecule has 5 heteroatoms. The molecule has 2 saturated heterocycles. The number of methoxy groups -OCH3 is 1. The number of nitrogens with zero attached hydrogens (tertiary/aromatic N) is 3. The van der Waals surface area contributed by atoms with Crippen LogP contribution in [0.25, 0.3) is 11.3 Å². The highest BCUT2D eigenvalue weighted by Gasteiger charge is 2.48. The molecule has 2 aromatic rings. The average Bonchev–Trinajstić information content (AvgIpc) is 2.68. The van der Waals surface area contributed by atoms with E-state index in [-0.39, 0.29) is 5.41 Å². The number of aryl methyl sites for hydroxylation is 2. The number of benzene rings is 1. The van der Waals surface area contributed by atoms with Gasteiger partial charge in [-0.2, -0.15) is 5.10 Å². The van der Waals surface area contributed by atoms with Crippen LogP contribution in [0.4, 0.5) is 0 Å². The fourth-order valence-corrected chi connectivity index (χ4v) is 4.98. The fraction of sp³-hybridized carbons (Fsp3) is 0.545. The summed E-state index contributed by atoms with van der Waals surface area (Å²) in [4.78, 5) is 2.40. The van der Waals surface area contributed by atoms with Crippen molar-refractivity contribution in [2.75, 3.05) is 20.7 Å². The molecule has 0 spiro atoms. The Balaban J connectivity index is 1.66. The molecule has 5 nitrogen and oxygen atoms in total. The molecule has 1 aliphatic carbocycles. The largest absolute Gasteiger partial charge is 0.496 e. The zero-order valence-electron chi connectivity index (χ0n) is 16.7. The van der Waals surface area contributed by atoms with Crippen molar-refractivity contribution in [2.45, 2.75) is 51.7 Å². The van der Waals surface area contributed by atoms with Crippen molar-refractivity contribution in [3.05, 3.63) is 41.1 Å². The Bertz CT molecular complexity index is 843. The molecule has 1 saturated carbocycles. The molecule has 0 amide bonds. The molecule has 2 aliphatic heterocycles. The van der Waals surface area contributed by atoms with E-state index in [1.807, 2.05) is 32.0 Å². The topological polar surface area (TPSA) is 58.5 Å². The summed E-state index contributed by atoms with van der Waals surface area (Å²) in [6.07, 6.45) is 3.90. The summed E-state index contributed by atoms with van der Waals surface area (Å²) < 4.78 is 5.54. The smallest absolute Gasteiger partial charge is 0.128 e. The lowest BCUT2D eigenvalue weighted by atomic mass is 9.64. The molecule has 5 rings (SSSR count). The normalized spacial score (nSPS) is 26.2. The van der Waals surface area contributed by atoms with E-state index in [1.54, 1.807) is 7.11 Å². The Morgan fingerprint density at radius 2 is 1.93 bits per heavy atom. The summed E-state index contributed by atoms with van der Waals surface area (Å²) in [6.45, 7) is 5.01. The van der Waals surface area contributed by atoms with E-state index in [2.05, 4.69) is 28.2 Å². The van der Waals surface area contributed by atoms with E-state index in [4.69, 9.17) is 4.74 Å². The van der Waals surface area contributed by atoms with Gasteiger partial charge in [0.05, 0.1) is 18.5 Å². The zero-order chi connectivity index (χ0) is 19.2. The first-order valence-corrected chi connectivity index (χ1v) is 9.81. The molecule has 1 atom stereocenters.